The number of carbonyl (C=O) groups excluding carboxylic acids is 2. The lowest BCUT2D eigenvalue weighted by Crippen LogP contribution is -2.30. The second kappa shape index (κ2) is 10.9. The van der Waals surface area contributed by atoms with Crippen LogP contribution in [-0.2, 0) is 36.8 Å². The molecule has 1 aliphatic rings. The Morgan fingerprint density at radius 2 is 2.00 bits per heavy atom. The van der Waals surface area contributed by atoms with Gasteiger partial charge in [-0.1, -0.05) is 13.3 Å². The zero-order chi connectivity index (χ0) is 22.4. The number of aryl methyl sites for hydroxylation is 2. The Kier molecular flexibility index (Phi) is 8.20. The van der Waals surface area contributed by atoms with E-state index in [4.69, 9.17) is 14.2 Å². The molecule has 0 bridgehead atoms. The maximum absolute atomic E-state index is 13.3. The number of thiophene rings is 1. The Morgan fingerprint density at radius 1 is 1.19 bits per heavy atom. The van der Waals surface area contributed by atoms with Crippen LogP contribution in [0.2, 0.25) is 0 Å². The number of hydrogen-bond acceptors (Lipinski definition) is 8. The summed E-state index contributed by atoms with van der Waals surface area (Å²) in [5.41, 5.74) is 0.418. The molecule has 9 heteroatoms. The summed E-state index contributed by atoms with van der Waals surface area (Å²) in [6.45, 7) is 6.72. The molecule has 0 saturated heterocycles. The number of unbranched alkanes of at least 4 members (excludes halogenated alkanes) is 1. The van der Waals surface area contributed by atoms with E-state index in [0.29, 0.717) is 42.3 Å². The van der Waals surface area contributed by atoms with E-state index < -0.39 is 11.9 Å². The highest BCUT2D eigenvalue weighted by molar-refractivity contribution is 7.18. The van der Waals surface area contributed by atoms with Crippen LogP contribution in [0.15, 0.2) is 4.79 Å². The summed E-state index contributed by atoms with van der Waals surface area (Å²) in [4.78, 5) is 44.3. The minimum Gasteiger partial charge on any atom is -0.466 e. The van der Waals surface area contributed by atoms with Crippen LogP contribution in [0.3, 0.4) is 0 Å². The summed E-state index contributed by atoms with van der Waals surface area (Å²) >= 11 is 1.45. The van der Waals surface area contributed by atoms with E-state index in [1.165, 1.54) is 15.9 Å². The molecule has 2 aromatic rings. The standard InChI is InChI=1S/C22H30N2O6S/c1-4-6-10-28-11-12-30-17(25)13-24-14(3)23-20-19(21(24)26)18-15(22(27)29-5-2)8-7-9-16(18)31-20/h15H,4-13H2,1-3H3. The lowest BCUT2D eigenvalue weighted by Gasteiger charge is -2.21. The summed E-state index contributed by atoms with van der Waals surface area (Å²) in [6, 6.07) is 0. The van der Waals surface area contributed by atoms with Crippen molar-refractivity contribution < 1.29 is 23.8 Å². The number of ether oxygens (including phenoxy) is 3. The van der Waals surface area contributed by atoms with E-state index in [9.17, 15) is 14.4 Å². The van der Waals surface area contributed by atoms with Gasteiger partial charge in [0.1, 0.15) is 23.8 Å². The van der Waals surface area contributed by atoms with Gasteiger partial charge in [0.05, 0.1) is 24.5 Å². The molecule has 0 N–H and O–H groups in total. The van der Waals surface area contributed by atoms with Gasteiger partial charge in [-0.3, -0.25) is 19.0 Å². The Hall–Kier alpha value is -2.26. The average molecular weight is 451 g/mol. The fraction of sp³-hybridized carbons (Fsp3) is 0.636. The smallest absolute Gasteiger partial charge is 0.326 e. The quantitative estimate of drug-likeness (QED) is 0.405. The van der Waals surface area contributed by atoms with Crippen molar-refractivity contribution in [3.63, 3.8) is 0 Å². The van der Waals surface area contributed by atoms with Gasteiger partial charge in [0.2, 0.25) is 0 Å². The normalized spacial score (nSPS) is 15.6. The average Bonchev–Trinajstić information content (AvgIpc) is 3.12. The zero-order valence-electron chi connectivity index (χ0n) is 18.4. The van der Waals surface area contributed by atoms with Crippen LogP contribution in [0.5, 0.6) is 0 Å². The summed E-state index contributed by atoms with van der Waals surface area (Å²) in [5.74, 6) is -0.844. The van der Waals surface area contributed by atoms with Crippen molar-refractivity contribution in [1.82, 2.24) is 9.55 Å². The third-order valence-corrected chi connectivity index (χ3v) is 6.51. The maximum Gasteiger partial charge on any atom is 0.326 e. The second-order valence-corrected chi connectivity index (χ2v) is 8.64. The summed E-state index contributed by atoms with van der Waals surface area (Å²) in [5, 5.41) is 0.430. The molecule has 0 aliphatic heterocycles. The van der Waals surface area contributed by atoms with Gasteiger partial charge in [-0.05, 0) is 45.1 Å². The van der Waals surface area contributed by atoms with Crippen molar-refractivity contribution in [2.24, 2.45) is 0 Å². The fourth-order valence-electron chi connectivity index (χ4n) is 3.82. The number of rotatable bonds is 10. The minimum atomic E-state index is -0.517. The van der Waals surface area contributed by atoms with E-state index in [0.717, 1.165) is 36.1 Å². The number of esters is 2. The molecular formula is C22H30N2O6S. The summed E-state index contributed by atoms with van der Waals surface area (Å²) in [6.07, 6.45) is 4.33. The topological polar surface area (TPSA) is 96.7 Å². The second-order valence-electron chi connectivity index (χ2n) is 7.55. The van der Waals surface area contributed by atoms with Crippen LogP contribution in [0.1, 0.15) is 61.7 Å². The first-order valence-corrected chi connectivity index (χ1v) is 11.7. The maximum atomic E-state index is 13.3. The fourth-order valence-corrected chi connectivity index (χ4v) is 5.13. The van der Waals surface area contributed by atoms with Crippen LogP contribution in [0, 0.1) is 6.92 Å². The van der Waals surface area contributed by atoms with Crippen LogP contribution in [0.25, 0.3) is 10.2 Å². The molecule has 3 rings (SSSR count). The molecule has 2 aromatic heterocycles. The molecule has 8 nitrogen and oxygen atoms in total. The van der Waals surface area contributed by atoms with E-state index >= 15 is 0 Å². The molecule has 0 fully saturated rings. The molecule has 31 heavy (non-hydrogen) atoms. The van der Waals surface area contributed by atoms with E-state index in [1.54, 1.807) is 13.8 Å². The van der Waals surface area contributed by atoms with Crippen LogP contribution < -0.4 is 5.56 Å². The van der Waals surface area contributed by atoms with Crippen molar-refractivity contribution in [2.75, 3.05) is 26.4 Å². The Labute approximate surface area is 185 Å². The molecule has 1 unspecified atom stereocenters. The van der Waals surface area contributed by atoms with Crippen molar-refractivity contribution in [1.29, 1.82) is 0 Å². The molecule has 1 aliphatic carbocycles. The first-order valence-electron chi connectivity index (χ1n) is 10.9. The number of fused-ring (bicyclic) bond motifs is 3. The number of hydrogen-bond donors (Lipinski definition) is 0. The van der Waals surface area contributed by atoms with Gasteiger partial charge >= 0.3 is 11.9 Å². The molecule has 0 spiro atoms. The zero-order valence-corrected chi connectivity index (χ0v) is 19.2. The van der Waals surface area contributed by atoms with E-state index in [1.807, 2.05) is 0 Å². The highest BCUT2D eigenvalue weighted by atomic mass is 32.1. The third kappa shape index (κ3) is 5.33. The van der Waals surface area contributed by atoms with Gasteiger partial charge < -0.3 is 14.2 Å². The van der Waals surface area contributed by atoms with Crippen molar-refractivity contribution in [2.45, 2.75) is 65.3 Å². The Balaban J connectivity index is 1.82. The summed E-state index contributed by atoms with van der Waals surface area (Å²) < 4.78 is 17.2. The van der Waals surface area contributed by atoms with Gasteiger partial charge in [0.15, 0.2) is 0 Å². The monoisotopic (exact) mass is 450 g/mol. The van der Waals surface area contributed by atoms with Gasteiger partial charge in [-0.2, -0.15) is 0 Å². The predicted octanol–water partition coefficient (Wildman–Crippen LogP) is 3.11. The van der Waals surface area contributed by atoms with Crippen molar-refractivity contribution >= 4 is 33.5 Å². The highest BCUT2D eigenvalue weighted by Gasteiger charge is 2.33. The van der Waals surface area contributed by atoms with Crippen LogP contribution in [0.4, 0.5) is 0 Å². The lowest BCUT2D eigenvalue weighted by molar-refractivity contribution is -0.146. The molecule has 2 heterocycles. The van der Waals surface area contributed by atoms with Crippen LogP contribution >= 0.6 is 11.3 Å². The molecule has 1 atom stereocenters. The Morgan fingerprint density at radius 3 is 2.74 bits per heavy atom. The third-order valence-electron chi connectivity index (χ3n) is 5.35. The lowest BCUT2D eigenvalue weighted by atomic mass is 9.86. The molecular weight excluding hydrogens is 420 g/mol. The van der Waals surface area contributed by atoms with Crippen molar-refractivity contribution in [3.8, 4) is 0 Å². The van der Waals surface area contributed by atoms with Crippen molar-refractivity contribution in [3.05, 3.63) is 26.6 Å². The first-order chi connectivity index (χ1) is 15.0. The SMILES string of the molecule is CCCCOCCOC(=O)Cn1c(C)nc2sc3c(c2c1=O)C(C(=O)OCC)CCC3. The number of carbonyl (C=O) groups is 2. The van der Waals surface area contributed by atoms with Gasteiger partial charge in [0, 0.05) is 11.5 Å². The summed E-state index contributed by atoms with van der Waals surface area (Å²) in [7, 11) is 0. The molecule has 0 aromatic carbocycles. The highest BCUT2D eigenvalue weighted by Crippen LogP contribution is 2.41. The molecule has 0 radical (unpaired) electrons. The molecule has 0 amide bonds. The van der Waals surface area contributed by atoms with Gasteiger partial charge in [-0.15, -0.1) is 11.3 Å². The Bertz CT molecular complexity index is 996. The predicted molar refractivity (Wildman–Crippen MR) is 118 cm³/mol. The van der Waals surface area contributed by atoms with Gasteiger partial charge in [0.25, 0.3) is 5.56 Å². The van der Waals surface area contributed by atoms with Crippen LogP contribution in [-0.4, -0.2) is 47.9 Å². The number of aromatic nitrogens is 2. The number of nitrogens with zero attached hydrogens (tertiary/aromatic N) is 2. The van der Waals surface area contributed by atoms with E-state index in [-0.39, 0.29) is 24.7 Å². The van der Waals surface area contributed by atoms with E-state index in [2.05, 4.69) is 11.9 Å². The molecule has 170 valence electrons. The minimum absolute atomic E-state index is 0.144. The largest absolute Gasteiger partial charge is 0.466 e. The first kappa shape index (κ1) is 23.4. The van der Waals surface area contributed by atoms with Gasteiger partial charge in [-0.25, -0.2) is 4.98 Å². The molecule has 0 saturated carbocycles.